The molecule has 0 saturated heterocycles. The molecule has 4 heteroatoms. The predicted octanol–water partition coefficient (Wildman–Crippen LogP) is 4.75. The zero-order chi connectivity index (χ0) is 12.4. The summed E-state index contributed by atoms with van der Waals surface area (Å²) in [5.74, 6) is 0. The van der Waals surface area contributed by atoms with Gasteiger partial charge in [-0.05, 0) is 42.3 Å². The Morgan fingerprint density at radius 2 is 2.12 bits per heavy atom. The topological polar surface area (TPSA) is 20.2 Å². The lowest BCUT2D eigenvalue weighted by molar-refractivity contribution is 0.178. The Hall–Kier alpha value is -0.350. The number of aliphatic hydroxyl groups is 1. The highest BCUT2D eigenvalue weighted by atomic mass is 79.9. The van der Waals surface area contributed by atoms with Crippen LogP contribution < -0.4 is 0 Å². The molecule has 0 fully saturated rings. The minimum Gasteiger partial charge on any atom is -0.388 e. The number of hydrogen-bond acceptors (Lipinski definition) is 2. The predicted molar refractivity (Wildman–Crippen MR) is 76.9 cm³/mol. The van der Waals surface area contributed by atoms with Crippen LogP contribution in [0, 0.1) is 6.92 Å². The molecule has 1 heterocycles. The second-order valence-corrected chi connectivity index (χ2v) is 6.64. The molecule has 1 unspecified atom stereocenters. The molecule has 2 rings (SSSR count). The minimum atomic E-state index is -0.484. The number of benzene rings is 1. The molecule has 1 N–H and O–H groups in total. The van der Waals surface area contributed by atoms with Crippen LogP contribution in [0.4, 0.5) is 0 Å². The van der Waals surface area contributed by atoms with Crippen molar-refractivity contribution in [2.75, 3.05) is 0 Å². The van der Waals surface area contributed by atoms with E-state index in [0.29, 0.717) is 6.42 Å². The van der Waals surface area contributed by atoms with Crippen molar-refractivity contribution < 1.29 is 5.11 Å². The van der Waals surface area contributed by atoms with Crippen LogP contribution in [0.3, 0.4) is 0 Å². The molecule has 0 spiro atoms. The molecule has 0 aliphatic carbocycles. The van der Waals surface area contributed by atoms with Gasteiger partial charge in [-0.1, -0.05) is 33.6 Å². The maximum Gasteiger partial charge on any atom is 0.0931 e. The summed E-state index contributed by atoms with van der Waals surface area (Å²) < 4.78 is 1.75. The summed E-state index contributed by atoms with van der Waals surface area (Å²) in [7, 11) is 0. The van der Waals surface area contributed by atoms with Crippen LogP contribution in [0.1, 0.15) is 22.1 Å². The molecule has 0 aliphatic heterocycles. The van der Waals surface area contributed by atoms with Gasteiger partial charge in [-0.25, -0.2) is 0 Å². The lowest BCUT2D eigenvalue weighted by Gasteiger charge is -2.13. The number of hydrogen-bond donors (Lipinski definition) is 1. The van der Waals surface area contributed by atoms with Crippen molar-refractivity contribution in [1.29, 1.82) is 0 Å². The van der Waals surface area contributed by atoms with E-state index in [0.717, 1.165) is 24.8 Å². The van der Waals surface area contributed by atoms with Crippen molar-refractivity contribution >= 4 is 38.9 Å². The van der Waals surface area contributed by atoms with Gasteiger partial charge in [0.2, 0.25) is 0 Å². The Morgan fingerprint density at radius 3 is 2.76 bits per heavy atom. The van der Waals surface area contributed by atoms with E-state index in [9.17, 15) is 5.11 Å². The third-order valence-corrected chi connectivity index (χ3v) is 4.37. The SMILES string of the molecule is Cc1ccc(Br)cc1C(O)Cc1ccc(Cl)s1. The average molecular weight is 332 g/mol. The largest absolute Gasteiger partial charge is 0.388 e. The lowest BCUT2D eigenvalue weighted by atomic mass is 10.0. The first-order valence-corrected chi connectivity index (χ1v) is 7.23. The lowest BCUT2D eigenvalue weighted by Crippen LogP contribution is -2.02. The Kier molecular flexibility index (Phi) is 4.26. The van der Waals surface area contributed by atoms with Crippen LogP contribution in [-0.4, -0.2) is 5.11 Å². The fourth-order valence-electron chi connectivity index (χ4n) is 1.73. The zero-order valence-corrected chi connectivity index (χ0v) is 12.4. The Labute approximate surface area is 118 Å². The number of aliphatic hydroxyl groups excluding tert-OH is 1. The average Bonchev–Trinajstić information content (AvgIpc) is 2.67. The third-order valence-electron chi connectivity index (χ3n) is 2.62. The van der Waals surface area contributed by atoms with E-state index in [1.807, 2.05) is 37.3 Å². The Morgan fingerprint density at radius 1 is 1.35 bits per heavy atom. The van der Waals surface area contributed by atoms with Crippen molar-refractivity contribution in [2.24, 2.45) is 0 Å². The van der Waals surface area contributed by atoms with Crippen LogP contribution >= 0.6 is 38.9 Å². The Balaban J connectivity index is 2.19. The highest BCUT2D eigenvalue weighted by molar-refractivity contribution is 9.10. The molecule has 2 aromatic rings. The van der Waals surface area contributed by atoms with Gasteiger partial charge in [-0.3, -0.25) is 0 Å². The smallest absolute Gasteiger partial charge is 0.0931 e. The first kappa shape index (κ1) is 13.1. The van der Waals surface area contributed by atoms with Gasteiger partial charge in [0.15, 0.2) is 0 Å². The fraction of sp³-hybridized carbons (Fsp3) is 0.231. The van der Waals surface area contributed by atoms with Crippen LogP contribution in [-0.2, 0) is 6.42 Å². The number of thiophene rings is 1. The van der Waals surface area contributed by atoms with Gasteiger partial charge in [0.05, 0.1) is 10.4 Å². The molecule has 1 aromatic heterocycles. The van der Waals surface area contributed by atoms with Gasteiger partial charge in [0, 0.05) is 15.8 Å². The van der Waals surface area contributed by atoms with Crippen molar-refractivity contribution in [3.8, 4) is 0 Å². The Bertz CT molecular complexity index is 524. The number of aryl methyl sites for hydroxylation is 1. The molecule has 1 nitrogen and oxygen atoms in total. The van der Waals surface area contributed by atoms with Crippen molar-refractivity contribution in [3.05, 3.63) is 55.1 Å². The van der Waals surface area contributed by atoms with Crippen LogP contribution in [0.25, 0.3) is 0 Å². The highest BCUT2D eigenvalue weighted by Gasteiger charge is 2.12. The van der Waals surface area contributed by atoms with Crippen LogP contribution in [0.15, 0.2) is 34.8 Å². The minimum absolute atomic E-state index is 0.484. The zero-order valence-electron chi connectivity index (χ0n) is 9.28. The molecule has 90 valence electrons. The van der Waals surface area contributed by atoms with Gasteiger partial charge >= 0.3 is 0 Å². The second kappa shape index (κ2) is 5.53. The molecular weight excluding hydrogens is 320 g/mol. The van der Waals surface area contributed by atoms with Gasteiger partial charge in [-0.15, -0.1) is 11.3 Å². The van der Waals surface area contributed by atoms with E-state index in [1.165, 1.54) is 11.3 Å². The molecule has 0 amide bonds. The normalized spacial score (nSPS) is 12.7. The van der Waals surface area contributed by atoms with Gasteiger partial charge in [0.1, 0.15) is 0 Å². The number of rotatable bonds is 3. The highest BCUT2D eigenvalue weighted by Crippen LogP contribution is 2.29. The quantitative estimate of drug-likeness (QED) is 0.860. The molecule has 0 saturated carbocycles. The van der Waals surface area contributed by atoms with Crippen molar-refractivity contribution in [3.63, 3.8) is 0 Å². The van der Waals surface area contributed by atoms with Gasteiger partial charge in [-0.2, -0.15) is 0 Å². The molecule has 0 radical (unpaired) electrons. The maximum atomic E-state index is 10.2. The second-order valence-electron chi connectivity index (χ2n) is 3.93. The molecule has 1 aromatic carbocycles. The molecule has 0 aliphatic rings. The molecular formula is C13H12BrClOS. The monoisotopic (exact) mass is 330 g/mol. The van der Waals surface area contributed by atoms with Gasteiger partial charge in [0.25, 0.3) is 0 Å². The van der Waals surface area contributed by atoms with Crippen molar-refractivity contribution in [1.82, 2.24) is 0 Å². The van der Waals surface area contributed by atoms with E-state index in [-0.39, 0.29) is 0 Å². The van der Waals surface area contributed by atoms with Gasteiger partial charge < -0.3 is 5.11 Å². The fourth-order valence-corrected chi connectivity index (χ4v) is 3.24. The third kappa shape index (κ3) is 3.32. The molecule has 1 atom stereocenters. The van der Waals surface area contributed by atoms with Crippen LogP contribution in [0.2, 0.25) is 4.34 Å². The van der Waals surface area contributed by atoms with Crippen LogP contribution in [0.5, 0.6) is 0 Å². The molecule has 17 heavy (non-hydrogen) atoms. The number of halogens is 2. The van der Waals surface area contributed by atoms with E-state index in [2.05, 4.69) is 15.9 Å². The summed E-state index contributed by atoms with van der Waals surface area (Å²) in [5, 5.41) is 10.2. The summed E-state index contributed by atoms with van der Waals surface area (Å²) in [4.78, 5) is 1.10. The van der Waals surface area contributed by atoms with Crippen molar-refractivity contribution in [2.45, 2.75) is 19.4 Å². The van der Waals surface area contributed by atoms with E-state index in [4.69, 9.17) is 11.6 Å². The summed E-state index contributed by atoms with van der Waals surface area (Å²) in [6.45, 7) is 2.01. The first-order chi connectivity index (χ1) is 8.06. The van der Waals surface area contributed by atoms with E-state index >= 15 is 0 Å². The summed E-state index contributed by atoms with van der Waals surface area (Å²) >= 11 is 10.8. The summed E-state index contributed by atoms with van der Waals surface area (Å²) in [5.41, 5.74) is 2.06. The maximum absolute atomic E-state index is 10.2. The van der Waals surface area contributed by atoms with E-state index in [1.54, 1.807) is 0 Å². The summed E-state index contributed by atoms with van der Waals surface area (Å²) in [6.07, 6.45) is 0.122. The summed E-state index contributed by atoms with van der Waals surface area (Å²) in [6, 6.07) is 9.78. The molecule has 0 bridgehead atoms. The first-order valence-electron chi connectivity index (χ1n) is 5.24. The van der Waals surface area contributed by atoms with E-state index < -0.39 is 6.10 Å². The standard InChI is InChI=1S/C13H12BrClOS/c1-8-2-3-9(14)6-11(8)12(16)7-10-4-5-13(15)17-10/h2-6,12,16H,7H2,1H3.